The number of aliphatic carboxylic acids is 1. The van der Waals surface area contributed by atoms with Gasteiger partial charge in [-0.25, -0.2) is 9.78 Å². The fourth-order valence-corrected chi connectivity index (χ4v) is 2.90. The van der Waals surface area contributed by atoms with Crippen LogP contribution in [0.3, 0.4) is 0 Å². The molecule has 0 saturated carbocycles. The summed E-state index contributed by atoms with van der Waals surface area (Å²) in [6.07, 6.45) is 3.83. The van der Waals surface area contributed by atoms with Crippen LogP contribution in [0.1, 0.15) is 37.5 Å². The van der Waals surface area contributed by atoms with Gasteiger partial charge in [0.25, 0.3) is 5.91 Å². The molecular formula is C22H21N3O5. The fraction of sp³-hybridized carbons (Fsp3) is 0.182. The molecule has 0 aliphatic heterocycles. The van der Waals surface area contributed by atoms with Gasteiger partial charge in [0.05, 0.1) is 11.9 Å². The number of nitrogens with one attached hydrogen (secondary N) is 2. The number of amides is 1. The highest BCUT2D eigenvalue weighted by Crippen LogP contribution is 2.21. The lowest BCUT2D eigenvalue weighted by molar-refractivity contribution is -0.139. The molecule has 1 atom stereocenters. The minimum absolute atomic E-state index is 0.0998. The maximum absolute atomic E-state index is 12.4. The molecule has 2 aromatic carbocycles. The second-order valence-corrected chi connectivity index (χ2v) is 6.74. The van der Waals surface area contributed by atoms with Crippen LogP contribution in [-0.2, 0) is 17.8 Å². The van der Waals surface area contributed by atoms with Gasteiger partial charge in [0.1, 0.15) is 18.4 Å². The van der Waals surface area contributed by atoms with E-state index in [1.54, 1.807) is 30.3 Å². The number of benzene rings is 2. The molecule has 0 aliphatic rings. The van der Waals surface area contributed by atoms with Crippen LogP contribution in [0.5, 0.6) is 5.75 Å². The Labute approximate surface area is 172 Å². The summed E-state index contributed by atoms with van der Waals surface area (Å²) in [5.41, 5.74) is 3.08. The molecule has 8 nitrogen and oxygen atoms in total. The molecule has 0 saturated heterocycles. The SMILES string of the molecule is Cc1cccc(OCc2ccc(C(=O)N[C@@H](Cc3cnc[nH]3)C(=O)O)cc2)c1C=O. The second kappa shape index (κ2) is 9.51. The fourth-order valence-electron chi connectivity index (χ4n) is 2.90. The number of carboxylic acids is 1. The van der Waals surface area contributed by atoms with Gasteiger partial charge < -0.3 is 20.1 Å². The van der Waals surface area contributed by atoms with Gasteiger partial charge in [0.15, 0.2) is 6.29 Å². The highest BCUT2D eigenvalue weighted by atomic mass is 16.5. The Morgan fingerprint density at radius 3 is 2.63 bits per heavy atom. The summed E-state index contributed by atoms with van der Waals surface area (Å²) >= 11 is 0. The largest absolute Gasteiger partial charge is 0.488 e. The third-order valence-corrected chi connectivity index (χ3v) is 4.59. The van der Waals surface area contributed by atoms with E-state index in [4.69, 9.17) is 4.74 Å². The number of carbonyl (C=O) groups is 3. The van der Waals surface area contributed by atoms with Gasteiger partial charge in [0, 0.05) is 23.9 Å². The van der Waals surface area contributed by atoms with Crippen molar-refractivity contribution >= 4 is 18.2 Å². The predicted molar refractivity (Wildman–Crippen MR) is 109 cm³/mol. The molecule has 0 radical (unpaired) electrons. The molecule has 3 rings (SSSR count). The quantitative estimate of drug-likeness (QED) is 0.469. The van der Waals surface area contributed by atoms with Crippen LogP contribution in [0.25, 0.3) is 0 Å². The summed E-state index contributed by atoms with van der Waals surface area (Å²) < 4.78 is 5.73. The number of H-pyrrole nitrogens is 1. The van der Waals surface area contributed by atoms with Gasteiger partial charge in [-0.2, -0.15) is 0 Å². The van der Waals surface area contributed by atoms with Crippen LogP contribution in [0.4, 0.5) is 0 Å². The number of hydrogen-bond acceptors (Lipinski definition) is 5. The molecule has 3 N–H and O–H groups in total. The average molecular weight is 407 g/mol. The third kappa shape index (κ3) is 5.11. The smallest absolute Gasteiger partial charge is 0.326 e. The topological polar surface area (TPSA) is 121 Å². The Morgan fingerprint density at radius 1 is 1.23 bits per heavy atom. The van der Waals surface area contributed by atoms with Gasteiger partial charge in [-0.05, 0) is 36.2 Å². The van der Waals surface area contributed by atoms with Gasteiger partial charge in [-0.1, -0.05) is 24.3 Å². The molecule has 1 amide bonds. The van der Waals surface area contributed by atoms with Crippen molar-refractivity contribution in [1.82, 2.24) is 15.3 Å². The van der Waals surface area contributed by atoms with E-state index in [2.05, 4.69) is 15.3 Å². The van der Waals surface area contributed by atoms with Crippen LogP contribution in [-0.4, -0.2) is 39.3 Å². The highest BCUT2D eigenvalue weighted by molar-refractivity contribution is 5.96. The zero-order valence-electron chi connectivity index (χ0n) is 16.3. The van der Waals surface area contributed by atoms with E-state index in [1.807, 2.05) is 19.1 Å². The minimum Gasteiger partial charge on any atom is -0.488 e. The number of imidazole rings is 1. The number of hydrogen-bond donors (Lipinski definition) is 3. The average Bonchev–Trinajstić information content (AvgIpc) is 3.25. The molecule has 3 aromatic rings. The Hall–Kier alpha value is -3.94. The summed E-state index contributed by atoms with van der Waals surface area (Å²) in [5.74, 6) is -1.13. The summed E-state index contributed by atoms with van der Waals surface area (Å²) in [6, 6.07) is 10.9. The van der Waals surface area contributed by atoms with Crippen molar-refractivity contribution in [3.8, 4) is 5.75 Å². The zero-order chi connectivity index (χ0) is 21.5. The minimum atomic E-state index is -1.13. The van der Waals surface area contributed by atoms with Crippen LogP contribution in [0.2, 0.25) is 0 Å². The van der Waals surface area contributed by atoms with E-state index in [1.165, 1.54) is 12.5 Å². The number of nitrogens with zero attached hydrogens (tertiary/aromatic N) is 1. The highest BCUT2D eigenvalue weighted by Gasteiger charge is 2.21. The van der Waals surface area contributed by atoms with E-state index in [9.17, 15) is 19.5 Å². The standard InChI is InChI=1S/C22H21N3O5/c1-14-3-2-4-20(18(14)11-26)30-12-15-5-7-16(8-6-15)21(27)25-19(22(28)29)9-17-10-23-13-24-17/h2-8,10-11,13,19H,9,12H2,1H3,(H,23,24)(H,25,27)(H,28,29)/t19-/m0/s1. The molecule has 1 aromatic heterocycles. The first-order valence-electron chi connectivity index (χ1n) is 9.25. The monoisotopic (exact) mass is 407 g/mol. The maximum Gasteiger partial charge on any atom is 0.326 e. The molecule has 1 heterocycles. The molecular weight excluding hydrogens is 386 g/mol. The number of aryl methyl sites for hydroxylation is 1. The van der Waals surface area contributed by atoms with E-state index >= 15 is 0 Å². The molecule has 0 aliphatic carbocycles. The second-order valence-electron chi connectivity index (χ2n) is 6.74. The maximum atomic E-state index is 12.4. The predicted octanol–water partition coefficient (Wildman–Crippen LogP) is 2.54. The number of carbonyl (C=O) groups excluding carboxylic acids is 2. The molecule has 8 heteroatoms. The number of ether oxygens (including phenoxy) is 1. The summed E-state index contributed by atoms with van der Waals surface area (Å²) in [5, 5.41) is 11.9. The van der Waals surface area contributed by atoms with Crippen LogP contribution in [0.15, 0.2) is 55.0 Å². The zero-order valence-corrected chi connectivity index (χ0v) is 16.3. The van der Waals surface area contributed by atoms with E-state index in [0.29, 0.717) is 22.6 Å². The van der Waals surface area contributed by atoms with Crippen molar-refractivity contribution in [3.63, 3.8) is 0 Å². The number of aromatic nitrogens is 2. The lowest BCUT2D eigenvalue weighted by Gasteiger charge is -2.14. The molecule has 154 valence electrons. The first-order chi connectivity index (χ1) is 14.5. The van der Waals surface area contributed by atoms with Crippen molar-refractivity contribution in [3.05, 3.63) is 82.9 Å². The number of aldehydes is 1. The Bertz CT molecular complexity index is 1030. The van der Waals surface area contributed by atoms with Crippen molar-refractivity contribution in [2.24, 2.45) is 0 Å². The van der Waals surface area contributed by atoms with E-state index < -0.39 is 17.9 Å². The number of rotatable bonds is 9. The molecule has 0 fully saturated rings. The van der Waals surface area contributed by atoms with Crippen molar-refractivity contribution < 1.29 is 24.2 Å². The molecule has 30 heavy (non-hydrogen) atoms. The lowest BCUT2D eigenvalue weighted by atomic mass is 10.1. The summed E-state index contributed by atoms with van der Waals surface area (Å²) in [4.78, 5) is 41.8. The Kier molecular flexibility index (Phi) is 6.59. The third-order valence-electron chi connectivity index (χ3n) is 4.59. The summed E-state index contributed by atoms with van der Waals surface area (Å²) in [7, 11) is 0. The van der Waals surface area contributed by atoms with Gasteiger partial charge in [-0.3, -0.25) is 9.59 Å². The molecule has 0 unspecified atom stereocenters. The van der Waals surface area contributed by atoms with Crippen molar-refractivity contribution in [1.29, 1.82) is 0 Å². The number of aromatic amines is 1. The van der Waals surface area contributed by atoms with Gasteiger partial charge in [-0.15, -0.1) is 0 Å². The first kappa shape index (κ1) is 20.8. The van der Waals surface area contributed by atoms with Crippen LogP contribution in [0, 0.1) is 6.92 Å². The number of carboxylic acid groups (broad SMARTS) is 1. The Morgan fingerprint density at radius 2 is 2.00 bits per heavy atom. The van der Waals surface area contributed by atoms with Crippen LogP contribution < -0.4 is 10.1 Å². The van der Waals surface area contributed by atoms with Crippen molar-refractivity contribution in [2.45, 2.75) is 26.0 Å². The van der Waals surface area contributed by atoms with Gasteiger partial charge >= 0.3 is 5.97 Å². The van der Waals surface area contributed by atoms with E-state index in [0.717, 1.165) is 17.4 Å². The van der Waals surface area contributed by atoms with Crippen LogP contribution >= 0.6 is 0 Å². The Balaban J connectivity index is 1.62. The molecule has 0 bridgehead atoms. The van der Waals surface area contributed by atoms with Crippen molar-refractivity contribution in [2.75, 3.05) is 0 Å². The first-order valence-corrected chi connectivity index (χ1v) is 9.25. The van der Waals surface area contributed by atoms with E-state index in [-0.39, 0.29) is 13.0 Å². The lowest BCUT2D eigenvalue weighted by Crippen LogP contribution is -2.42. The normalized spacial score (nSPS) is 11.5. The van der Waals surface area contributed by atoms with Gasteiger partial charge in [0.2, 0.25) is 0 Å². The molecule has 0 spiro atoms. The summed E-state index contributed by atoms with van der Waals surface area (Å²) in [6.45, 7) is 2.06.